The maximum Gasteiger partial charge on any atom is 0.226 e. The third-order valence-electron chi connectivity index (χ3n) is 3.73. The molecule has 110 valence electrons. The summed E-state index contributed by atoms with van der Waals surface area (Å²) >= 11 is 0. The van der Waals surface area contributed by atoms with Crippen molar-refractivity contribution in [1.82, 2.24) is 26.1 Å². The second kappa shape index (κ2) is 6.51. The van der Waals surface area contributed by atoms with Crippen LogP contribution in [0.15, 0.2) is 42.9 Å². The van der Waals surface area contributed by atoms with Crippen molar-refractivity contribution in [1.29, 1.82) is 0 Å². The van der Waals surface area contributed by atoms with E-state index in [2.05, 4.69) is 26.1 Å². The summed E-state index contributed by atoms with van der Waals surface area (Å²) in [7, 11) is 0. The molecule has 6 nitrogen and oxygen atoms in total. The van der Waals surface area contributed by atoms with Crippen LogP contribution in [0, 0.1) is 5.92 Å². The van der Waals surface area contributed by atoms with Crippen LogP contribution in [0.2, 0.25) is 0 Å². The standard InChI is InChI=1S/C15H19N5O/c21-15(17-7-6-12-8-16-10-18-12)13-9-19-20-14(13)11-4-2-1-3-5-11/h1-5,8,10,13-14,19-20H,6-7,9H2,(H,16,18)(H,17,21). The van der Waals surface area contributed by atoms with Crippen LogP contribution in [0.3, 0.4) is 0 Å². The monoisotopic (exact) mass is 285 g/mol. The lowest BCUT2D eigenvalue weighted by Crippen LogP contribution is -2.36. The lowest BCUT2D eigenvalue weighted by Gasteiger charge is -2.18. The number of hydrogen-bond acceptors (Lipinski definition) is 4. The highest BCUT2D eigenvalue weighted by molar-refractivity contribution is 5.80. The summed E-state index contributed by atoms with van der Waals surface area (Å²) in [5, 5.41) is 3.00. The van der Waals surface area contributed by atoms with Crippen LogP contribution in [0.5, 0.6) is 0 Å². The molecule has 21 heavy (non-hydrogen) atoms. The Labute approximate surface area is 123 Å². The number of benzene rings is 1. The number of amides is 1. The van der Waals surface area contributed by atoms with Gasteiger partial charge in [0.15, 0.2) is 0 Å². The average Bonchev–Trinajstić information content (AvgIpc) is 3.19. The molecule has 4 N–H and O–H groups in total. The van der Waals surface area contributed by atoms with Crippen molar-refractivity contribution in [2.24, 2.45) is 5.92 Å². The summed E-state index contributed by atoms with van der Waals surface area (Å²) in [6.07, 6.45) is 4.18. The molecule has 2 aromatic rings. The number of aromatic nitrogens is 2. The number of hydrogen-bond donors (Lipinski definition) is 4. The van der Waals surface area contributed by atoms with Gasteiger partial charge in [-0.1, -0.05) is 30.3 Å². The molecular formula is C15H19N5O. The SMILES string of the molecule is O=C(NCCc1cnc[nH]1)C1CNNC1c1ccccc1. The van der Waals surface area contributed by atoms with Crippen molar-refractivity contribution >= 4 is 5.91 Å². The zero-order valence-corrected chi connectivity index (χ0v) is 11.7. The highest BCUT2D eigenvalue weighted by atomic mass is 16.2. The molecule has 1 aromatic carbocycles. The van der Waals surface area contributed by atoms with E-state index in [1.807, 2.05) is 30.3 Å². The van der Waals surface area contributed by atoms with Crippen molar-refractivity contribution in [3.63, 3.8) is 0 Å². The average molecular weight is 285 g/mol. The lowest BCUT2D eigenvalue weighted by atomic mass is 9.94. The van der Waals surface area contributed by atoms with E-state index in [1.54, 1.807) is 12.5 Å². The Balaban J connectivity index is 1.56. The molecule has 3 rings (SSSR count). The van der Waals surface area contributed by atoms with Gasteiger partial charge in [0, 0.05) is 31.4 Å². The van der Waals surface area contributed by atoms with Crippen LogP contribution in [-0.4, -0.2) is 29.0 Å². The normalized spacial score (nSPS) is 21.3. The summed E-state index contributed by atoms with van der Waals surface area (Å²) in [6.45, 7) is 1.24. The quantitative estimate of drug-likeness (QED) is 0.646. The third kappa shape index (κ3) is 3.29. The number of nitrogens with one attached hydrogen (secondary N) is 4. The molecule has 0 bridgehead atoms. The van der Waals surface area contributed by atoms with Crippen molar-refractivity contribution in [2.45, 2.75) is 12.5 Å². The number of rotatable bonds is 5. The minimum absolute atomic E-state index is 0.0124. The van der Waals surface area contributed by atoms with E-state index in [0.717, 1.165) is 17.7 Å². The molecule has 1 aliphatic rings. The Hall–Kier alpha value is -2.18. The van der Waals surface area contributed by atoms with Gasteiger partial charge in [-0.05, 0) is 5.56 Å². The minimum Gasteiger partial charge on any atom is -0.355 e. The van der Waals surface area contributed by atoms with E-state index in [4.69, 9.17) is 0 Å². The molecule has 2 unspecified atom stereocenters. The first-order chi connectivity index (χ1) is 10.3. The highest BCUT2D eigenvalue weighted by Gasteiger charge is 2.33. The van der Waals surface area contributed by atoms with Crippen LogP contribution in [0.25, 0.3) is 0 Å². The van der Waals surface area contributed by atoms with Crippen LogP contribution in [0.1, 0.15) is 17.3 Å². The summed E-state index contributed by atoms with van der Waals surface area (Å²) in [4.78, 5) is 19.3. The zero-order chi connectivity index (χ0) is 14.5. The number of hydrazine groups is 1. The van der Waals surface area contributed by atoms with Gasteiger partial charge in [-0.25, -0.2) is 10.4 Å². The molecule has 6 heteroatoms. The summed E-state index contributed by atoms with van der Waals surface area (Å²) in [5.74, 6) is -0.0324. The fourth-order valence-corrected chi connectivity index (χ4v) is 2.59. The first-order valence-electron chi connectivity index (χ1n) is 7.13. The Morgan fingerprint density at radius 1 is 1.33 bits per heavy atom. The van der Waals surface area contributed by atoms with Gasteiger partial charge < -0.3 is 10.3 Å². The molecule has 0 radical (unpaired) electrons. The van der Waals surface area contributed by atoms with Gasteiger partial charge in [0.25, 0.3) is 0 Å². The number of aromatic amines is 1. The Morgan fingerprint density at radius 2 is 2.19 bits per heavy atom. The van der Waals surface area contributed by atoms with Crippen LogP contribution < -0.4 is 16.2 Å². The second-order valence-electron chi connectivity index (χ2n) is 5.14. The van der Waals surface area contributed by atoms with E-state index in [-0.39, 0.29) is 17.9 Å². The van der Waals surface area contributed by atoms with Gasteiger partial charge in [-0.3, -0.25) is 10.2 Å². The van der Waals surface area contributed by atoms with Crippen LogP contribution in [-0.2, 0) is 11.2 Å². The first-order valence-corrected chi connectivity index (χ1v) is 7.13. The molecule has 1 aliphatic heterocycles. The Bertz CT molecular complexity index is 569. The maximum absolute atomic E-state index is 12.3. The first kappa shape index (κ1) is 13.8. The van der Waals surface area contributed by atoms with Crippen molar-refractivity contribution in [3.8, 4) is 0 Å². The predicted octanol–water partition coefficient (Wildman–Crippen LogP) is 0.534. The predicted molar refractivity (Wildman–Crippen MR) is 79.1 cm³/mol. The smallest absolute Gasteiger partial charge is 0.226 e. The van der Waals surface area contributed by atoms with Gasteiger partial charge in [0.1, 0.15) is 0 Å². The molecule has 1 amide bonds. The molecule has 2 heterocycles. The molecule has 1 fully saturated rings. The molecular weight excluding hydrogens is 266 g/mol. The molecule has 1 saturated heterocycles. The van der Waals surface area contributed by atoms with E-state index in [9.17, 15) is 4.79 Å². The topological polar surface area (TPSA) is 81.8 Å². The van der Waals surface area contributed by atoms with Gasteiger partial charge in [-0.15, -0.1) is 0 Å². The van der Waals surface area contributed by atoms with Crippen molar-refractivity contribution < 1.29 is 4.79 Å². The van der Waals surface area contributed by atoms with Gasteiger partial charge in [0.2, 0.25) is 5.91 Å². The van der Waals surface area contributed by atoms with Gasteiger partial charge in [-0.2, -0.15) is 0 Å². The van der Waals surface area contributed by atoms with Gasteiger partial charge in [0.05, 0.1) is 18.3 Å². The molecule has 1 aromatic heterocycles. The number of nitrogens with zero attached hydrogens (tertiary/aromatic N) is 1. The lowest BCUT2D eigenvalue weighted by molar-refractivity contribution is -0.124. The fourth-order valence-electron chi connectivity index (χ4n) is 2.59. The van der Waals surface area contributed by atoms with Crippen molar-refractivity contribution in [2.75, 3.05) is 13.1 Å². The molecule has 0 aliphatic carbocycles. The van der Waals surface area contributed by atoms with Crippen molar-refractivity contribution in [3.05, 3.63) is 54.1 Å². The summed E-state index contributed by atoms with van der Waals surface area (Å²) in [5.41, 5.74) is 8.41. The largest absolute Gasteiger partial charge is 0.355 e. The molecule has 2 atom stereocenters. The minimum atomic E-state index is -0.103. The number of carbonyl (C=O) groups excluding carboxylic acids is 1. The highest BCUT2D eigenvalue weighted by Crippen LogP contribution is 2.24. The van der Waals surface area contributed by atoms with E-state index in [0.29, 0.717) is 13.1 Å². The maximum atomic E-state index is 12.3. The second-order valence-corrected chi connectivity index (χ2v) is 5.14. The zero-order valence-electron chi connectivity index (χ0n) is 11.7. The Morgan fingerprint density at radius 3 is 2.95 bits per heavy atom. The van der Waals surface area contributed by atoms with E-state index in [1.165, 1.54) is 0 Å². The fraction of sp³-hybridized carbons (Fsp3) is 0.333. The van der Waals surface area contributed by atoms with E-state index >= 15 is 0 Å². The van der Waals surface area contributed by atoms with E-state index < -0.39 is 0 Å². The third-order valence-corrected chi connectivity index (χ3v) is 3.73. The molecule has 0 saturated carbocycles. The molecule has 0 spiro atoms. The van der Waals surface area contributed by atoms with Crippen LogP contribution >= 0.6 is 0 Å². The number of H-pyrrole nitrogens is 1. The number of carbonyl (C=O) groups is 1. The summed E-state index contributed by atoms with van der Waals surface area (Å²) in [6, 6.07) is 10.0. The van der Waals surface area contributed by atoms with Crippen LogP contribution in [0.4, 0.5) is 0 Å². The van der Waals surface area contributed by atoms with Gasteiger partial charge >= 0.3 is 0 Å². The Kier molecular flexibility index (Phi) is 4.28. The number of imidazole rings is 1. The summed E-state index contributed by atoms with van der Waals surface area (Å²) < 4.78 is 0.